The number of halogens is 1. The van der Waals surface area contributed by atoms with E-state index < -0.39 is 0 Å². The minimum absolute atomic E-state index is 0.155. The van der Waals surface area contributed by atoms with Crippen LogP contribution in [0.2, 0.25) is 0 Å². The molecule has 1 aromatic rings. The van der Waals surface area contributed by atoms with Crippen molar-refractivity contribution >= 4 is 23.5 Å². The molecule has 100 valence electrons. The number of nitrogens with two attached hydrogens (primary N) is 1. The standard InChI is InChI=1S/C14H20FNS2/c1-9-10(2)18-14(8-17-9)13(16)7-11-3-5-12(15)6-4-11/h3-6,9-10,13-14H,7-8,16H2,1-2H3. The third kappa shape index (κ3) is 3.65. The van der Waals surface area contributed by atoms with Gasteiger partial charge in [0.1, 0.15) is 5.82 Å². The fourth-order valence-electron chi connectivity index (χ4n) is 2.06. The highest BCUT2D eigenvalue weighted by molar-refractivity contribution is 8.07. The van der Waals surface area contributed by atoms with E-state index in [4.69, 9.17) is 5.73 Å². The lowest BCUT2D eigenvalue weighted by Crippen LogP contribution is -2.41. The van der Waals surface area contributed by atoms with E-state index in [0.717, 1.165) is 17.7 Å². The lowest BCUT2D eigenvalue weighted by atomic mass is 10.0. The zero-order valence-corrected chi connectivity index (χ0v) is 12.4. The van der Waals surface area contributed by atoms with Gasteiger partial charge in [0.05, 0.1) is 0 Å². The Morgan fingerprint density at radius 2 is 1.94 bits per heavy atom. The summed E-state index contributed by atoms with van der Waals surface area (Å²) in [6, 6.07) is 6.84. The molecule has 0 bridgehead atoms. The lowest BCUT2D eigenvalue weighted by Gasteiger charge is -2.34. The third-order valence-corrected chi connectivity index (χ3v) is 7.01. The molecule has 4 atom stereocenters. The van der Waals surface area contributed by atoms with E-state index >= 15 is 0 Å². The van der Waals surface area contributed by atoms with Crippen LogP contribution in [0.3, 0.4) is 0 Å². The van der Waals surface area contributed by atoms with Crippen LogP contribution in [0.4, 0.5) is 4.39 Å². The molecule has 18 heavy (non-hydrogen) atoms. The van der Waals surface area contributed by atoms with Gasteiger partial charge in [0.25, 0.3) is 0 Å². The van der Waals surface area contributed by atoms with Gasteiger partial charge >= 0.3 is 0 Å². The van der Waals surface area contributed by atoms with E-state index in [1.54, 1.807) is 0 Å². The maximum absolute atomic E-state index is 12.8. The fraction of sp³-hybridized carbons (Fsp3) is 0.571. The zero-order valence-electron chi connectivity index (χ0n) is 10.8. The third-order valence-electron chi connectivity index (χ3n) is 3.44. The molecule has 1 aliphatic rings. The molecule has 1 heterocycles. The van der Waals surface area contributed by atoms with Crippen LogP contribution in [0, 0.1) is 5.82 Å². The van der Waals surface area contributed by atoms with Crippen LogP contribution in [-0.4, -0.2) is 27.5 Å². The Balaban J connectivity index is 1.91. The molecule has 2 N–H and O–H groups in total. The molecule has 1 saturated heterocycles. The molecule has 4 heteroatoms. The topological polar surface area (TPSA) is 26.0 Å². The smallest absolute Gasteiger partial charge is 0.123 e. The molecule has 4 unspecified atom stereocenters. The number of hydrogen-bond acceptors (Lipinski definition) is 3. The summed E-state index contributed by atoms with van der Waals surface area (Å²) in [5.74, 6) is 0.941. The maximum Gasteiger partial charge on any atom is 0.123 e. The van der Waals surface area contributed by atoms with Gasteiger partial charge in [-0.05, 0) is 24.1 Å². The van der Waals surface area contributed by atoms with Crippen molar-refractivity contribution in [3.63, 3.8) is 0 Å². The van der Waals surface area contributed by atoms with Crippen molar-refractivity contribution in [1.29, 1.82) is 0 Å². The molecule has 2 rings (SSSR count). The first kappa shape index (κ1) is 14.2. The highest BCUT2D eigenvalue weighted by atomic mass is 32.2. The van der Waals surface area contributed by atoms with Crippen molar-refractivity contribution in [2.75, 3.05) is 5.75 Å². The summed E-state index contributed by atoms with van der Waals surface area (Å²) in [5.41, 5.74) is 7.42. The molecular weight excluding hydrogens is 265 g/mol. The molecule has 0 aliphatic carbocycles. The average Bonchev–Trinajstić information content (AvgIpc) is 2.35. The van der Waals surface area contributed by atoms with E-state index in [2.05, 4.69) is 13.8 Å². The molecule has 1 aromatic carbocycles. The predicted molar refractivity (Wildman–Crippen MR) is 80.8 cm³/mol. The van der Waals surface area contributed by atoms with Crippen molar-refractivity contribution in [3.05, 3.63) is 35.6 Å². The summed E-state index contributed by atoms with van der Waals surface area (Å²) in [7, 11) is 0. The summed E-state index contributed by atoms with van der Waals surface area (Å²) in [6.07, 6.45) is 0.833. The summed E-state index contributed by atoms with van der Waals surface area (Å²) in [5, 5.41) is 1.88. The van der Waals surface area contributed by atoms with Crippen LogP contribution >= 0.6 is 23.5 Å². The number of rotatable bonds is 3. The summed E-state index contributed by atoms with van der Waals surface area (Å²) < 4.78 is 12.8. The lowest BCUT2D eigenvalue weighted by molar-refractivity contribution is 0.623. The maximum atomic E-state index is 12.8. The van der Waals surface area contributed by atoms with Crippen LogP contribution in [0.1, 0.15) is 19.4 Å². The van der Waals surface area contributed by atoms with Crippen molar-refractivity contribution in [1.82, 2.24) is 0 Å². The Labute approximate surface area is 117 Å². The van der Waals surface area contributed by atoms with Gasteiger partial charge in [-0.15, -0.1) is 0 Å². The predicted octanol–water partition coefficient (Wildman–Crippen LogP) is 3.32. The van der Waals surface area contributed by atoms with Gasteiger partial charge in [0.2, 0.25) is 0 Å². The Hall–Kier alpha value is -0.190. The first-order chi connectivity index (χ1) is 8.56. The largest absolute Gasteiger partial charge is 0.326 e. The molecule has 1 fully saturated rings. The molecule has 0 amide bonds. The molecule has 0 saturated carbocycles. The van der Waals surface area contributed by atoms with Crippen LogP contribution in [0.15, 0.2) is 24.3 Å². The first-order valence-electron chi connectivity index (χ1n) is 6.33. The Morgan fingerprint density at radius 1 is 1.28 bits per heavy atom. The minimum atomic E-state index is -0.183. The van der Waals surface area contributed by atoms with Crippen molar-refractivity contribution in [2.24, 2.45) is 5.73 Å². The van der Waals surface area contributed by atoms with Gasteiger partial charge < -0.3 is 5.73 Å². The summed E-state index contributed by atoms with van der Waals surface area (Å²) in [4.78, 5) is 0. The molecule has 0 radical (unpaired) electrons. The van der Waals surface area contributed by atoms with Gasteiger partial charge in [-0.3, -0.25) is 0 Å². The summed E-state index contributed by atoms with van der Waals surface area (Å²) in [6.45, 7) is 4.56. The molecular formula is C14H20FNS2. The quantitative estimate of drug-likeness (QED) is 0.922. The average molecular weight is 285 g/mol. The van der Waals surface area contributed by atoms with E-state index in [-0.39, 0.29) is 11.9 Å². The van der Waals surface area contributed by atoms with Crippen molar-refractivity contribution < 1.29 is 4.39 Å². The van der Waals surface area contributed by atoms with Crippen LogP contribution in [-0.2, 0) is 6.42 Å². The van der Waals surface area contributed by atoms with Crippen molar-refractivity contribution in [2.45, 2.75) is 42.1 Å². The van der Waals surface area contributed by atoms with E-state index in [9.17, 15) is 4.39 Å². The number of thioether (sulfide) groups is 2. The second-order valence-electron chi connectivity index (χ2n) is 4.91. The van der Waals surface area contributed by atoms with Gasteiger partial charge in [0, 0.05) is 27.5 Å². The molecule has 1 nitrogen and oxygen atoms in total. The van der Waals surface area contributed by atoms with E-state index in [1.165, 1.54) is 12.1 Å². The van der Waals surface area contributed by atoms with Gasteiger partial charge in [-0.25, -0.2) is 4.39 Å². The highest BCUT2D eigenvalue weighted by Crippen LogP contribution is 2.37. The summed E-state index contributed by atoms with van der Waals surface area (Å²) >= 11 is 4.02. The van der Waals surface area contributed by atoms with E-state index in [1.807, 2.05) is 35.7 Å². The first-order valence-corrected chi connectivity index (χ1v) is 8.32. The number of benzene rings is 1. The van der Waals surface area contributed by atoms with E-state index in [0.29, 0.717) is 15.7 Å². The zero-order chi connectivity index (χ0) is 13.1. The van der Waals surface area contributed by atoms with Gasteiger partial charge in [-0.2, -0.15) is 23.5 Å². The van der Waals surface area contributed by atoms with Crippen molar-refractivity contribution in [3.8, 4) is 0 Å². The van der Waals surface area contributed by atoms with Gasteiger partial charge in [-0.1, -0.05) is 26.0 Å². The molecule has 0 aromatic heterocycles. The molecule has 0 spiro atoms. The number of hydrogen-bond donors (Lipinski definition) is 1. The normalized spacial score (nSPS) is 30.1. The SMILES string of the molecule is CC1SCC(C(N)Cc2ccc(F)cc2)SC1C. The second-order valence-corrected chi connectivity index (χ2v) is 7.94. The van der Waals surface area contributed by atoms with Crippen LogP contribution in [0.25, 0.3) is 0 Å². The minimum Gasteiger partial charge on any atom is -0.326 e. The van der Waals surface area contributed by atoms with Crippen LogP contribution < -0.4 is 5.73 Å². The van der Waals surface area contributed by atoms with Crippen LogP contribution in [0.5, 0.6) is 0 Å². The monoisotopic (exact) mass is 285 g/mol. The Bertz CT molecular complexity index is 382. The Kier molecular flexibility index (Phi) is 4.98. The fourth-order valence-corrected chi connectivity index (χ4v) is 5.12. The highest BCUT2D eigenvalue weighted by Gasteiger charge is 2.29. The molecule has 1 aliphatic heterocycles. The van der Waals surface area contributed by atoms with Gasteiger partial charge in [0.15, 0.2) is 0 Å². The Morgan fingerprint density at radius 3 is 2.56 bits per heavy atom. The second kappa shape index (κ2) is 6.31.